The van der Waals surface area contributed by atoms with E-state index >= 15 is 0 Å². The molecule has 0 aliphatic carbocycles. The van der Waals surface area contributed by atoms with Crippen molar-refractivity contribution in [2.24, 2.45) is 0 Å². The molecule has 48 heavy (non-hydrogen) atoms. The molecule has 2 unspecified atom stereocenters. The fourth-order valence-electron chi connectivity index (χ4n) is 5.11. The van der Waals surface area contributed by atoms with Gasteiger partial charge in [0.2, 0.25) is 11.8 Å². The molecule has 254 valence electrons. The number of amides is 2. The van der Waals surface area contributed by atoms with Gasteiger partial charge in [0.15, 0.2) is 0 Å². The van der Waals surface area contributed by atoms with E-state index in [0.29, 0.717) is 18.8 Å². The van der Waals surface area contributed by atoms with E-state index in [9.17, 15) is 18.0 Å². The number of anilines is 1. The zero-order chi connectivity index (χ0) is 34.7. The number of halogens is 1. The highest BCUT2D eigenvalue weighted by Gasteiger charge is 2.35. The Morgan fingerprint density at radius 2 is 1.52 bits per heavy atom. The van der Waals surface area contributed by atoms with Gasteiger partial charge in [-0.2, -0.15) is 0 Å². The summed E-state index contributed by atoms with van der Waals surface area (Å²) < 4.78 is 36.7. The Kier molecular flexibility index (Phi) is 13.5. The van der Waals surface area contributed by atoms with Gasteiger partial charge >= 0.3 is 0 Å². The van der Waals surface area contributed by atoms with Crippen molar-refractivity contribution >= 4 is 55.2 Å². The summed E-state index contributed by atoms with van der Waals surface area (Å²) >= 11 is 4.97. The molecule has 2 atom stereocenters. The van der Waals surface area contributed by atoms with Crippen molar-refractivity contribution in [1.29, 1.82) is 0 Å². The van der Waals surface area contributed by atoms with Crippen LogP contribution in [0.25, 0.3) is 0 Å². The van der Waals surface area contributed by atoms with E-state index in [0.717, 1.165) is 24.8 Å². The van der Waals surface area contributed by atoms with Crippen molar-refractivity contribution in [3.8, 4) is 5.75 Å². The van der Waals surface area contributed by atoms with Crippen LogP contribution in [-0.2, 0) is 32.6 Å². The van der Waals surface area contributed by atoms with Crippen molar-refractivity contribution in [3.05, 3.63) is 119 Å². The van der Waals surface area contributed by atoms with Crippen LogP contribution < -0.4 is 14.4 Å². The fourth-order valence-corrected chi connectivity index (χ4v) is 7.21. The molecule has 0 aliphatic rings. The SMILES string of the molecule is CCOc1ccccc1N(CC(=O)N(Cc1ccc(Br)cc1)C(Cc1ccccc1)C(=O)NC(C)CC)S(=O)(=O)c1ccc(SC)cc1. The topological polar surface area (TPSA) is 96.0 Å². The van der Waals surface area contributed by atoms with Gasteiger partial charge < -0.3 is 15.0 Å². The first kappa shape index (κ1) is 37.0. The summed E-state index contributed by atoms with van der Waals surface area (Å²) in [6.07, 6.45) is 2.86. The zero-order valence-corrected chi connectivity index (χ0v) is 30.9. The lowest BCUT2D eigenvalue weighted by molar-refractivity contribution is -0.140. The summed E-state index contributed by atoms with van der Waals surface area (Å²) in [5, 5.41) is 3.06. The van der Waals surface area contributed by atoms with E-state index < -0.39 is 28.5 Å². The maximum absolute atomic E-state index is 14.7. The number of hydrogen-bond donors (Lipinski definition) is 1. The minimum absolute atomic E-state index is 0.0363. The van der Waals surface area contributed by atoms with E-state index in [1.54, 1.807) is 48.5 Å². The molecule has 0 aromatic heterocycles. The van der Waals surface area contributed by atoms with E-state index in [2.05, 4.69) is 21.2 Å². The quantitative estimate of drug-likeness (QED) is 0.121. The standard InChI is InChI=1S/C37H42BrN3O5S2/c1-5-27(3)39-37(43)34(24-28-12-8-7-9-13-28)40(25-29-16-18-30(38)19-17-29)36(42)26-41(33-14-10-11-15-35(33)46-6-2)48(44,45)32-22-20-31(47-4)21-23-32/h7-23,27,34H,5-6,24-26H2,1-4H3,(H,39,43). The number of nitrogens with zero attached hydrogens (tertiary/aromatic N) is 2. The highest BCUT2D eigenvalue weighted by atomic mass is 79.9. The summed E-state index contributed by atoms with van der Waals surface area (Å²) in [5.74, 6) is -0.517. The summed E-state index contributed by atoms with van der Waals surface area (Å²) in [7, 11) is -4.26. The number of benzene rings is 4. The van der Waals surface area contributed by atoms with Gasteiger partial charge in [-0.15, -0.1) is 11.8 Å². The highest BCUT2D eigenvalue weighted by Crippen LogP contribution is 2.33. The Morgan fingerprint density at radius 1 is 0.875 bits per heavy atom. The molecule has 1 N–H and O–H groups in total. The molecule has 0 spiro atoms. The number of para-hydroxylation sites is 2. The van der Waals surface area contributed by atoms with E-state index in [4.69, 9.17) is 4.74 Å². The van der Waals surface area contributed by atoms with Crippen LogP contribution in [0.2, 0.25) is 0 Å². The molecule has 8 nitrogen and oxygen atoms in total. The minimum Gasteiger partial charge on any atom is -0.492 e. The second-order valence-electron chi connectivity index (χ2n) is 11.3. The van der Waals surface area contributed by atoms with Crippen molar-refractivity contribution in [1.82, 2.24) is 10.2 Å². The van der Waals surface area contributed by atoms with Crippen molar-refractivity contribution < 1.29 is 22.7 Å². The average Bonchev–Trinajstić information content (AvgIpc) is 3.10. The van der Waals surface area contributed by atoms with Gasteiger partial charge in [-0.05, 0) is 86.2 Å². The molecule has 4 aromatic rings. The van der Waals surface area contributed by atoms with Crippen LogP contribution in [0.15, 0.2) is 117 Å². The largest absolute Gasteiger partial charge is 0.492 e. The number of ether oxygens (including phenoxy) is 1. The van der Waals surface area contributed by atoms with Gasteiger partial charge in [0.05, 0.1) is 17.2 Å². The van der Waals surface area contributed by atoms with E-state index in [-0.39, 0.29) is 35.5 Å². The number of carbonyl (C=O) groups is 2. The summed E-state index contributed by atoms with van der Waals surface area (Å²) in [6.45, 7) is 5.53. The van der Waals surface area contributed by atoms with Gasteiger partial charge in [-0.3, -0.25) is 13.9 Å². The zero-order valence-electron chi connectivity index (χ0n) is 27.6. The smallest absolute Gasteiger partial charge is 0.264 e. The number of carbonyl (C=O) groups excluding carboxylic acids is 2. The molecule has 11 heteroatoms. The van der Waals surface area contributed by atoms with Crippen LogP contribution >= 0.6 is 27.7 Å². The molecular formula is C37H42BrN3O5S2. The van der Waals surface area contributed by atoms with Gasteiger partial charge in [-0.1, -0.05) is 77.5 Å². The number of thioether (sulfide) groups is 1. The third-order valence-corrected chi connectivity index (χ3v) is 10.9. The van der Waals surface area contributed by atoms with Crippen LogP contribution in [0.3, 0.4) is 0 Å². The Labute approximate surface area is 297 Å². The van der Waals surface area contributed by atoms with E-state index in [1.807, 2.05) is 81.6 Å². The first-order chi connectivity index (χ1) is 23.1. The lowest BCUT2D eigenvalue weighted by Gasteiger charge is -2.34. The first-order valence-corrected chi connectivity index (χ1v) is 19.3. The molecule has 0 saturated carbocycles. The minimum atomic E-state index is -4.26. The van der Waals surface area contributed by atoms with Crippen molar-refractivity contribution in [2.45, 2.75) is 62.0 Å². The molecule has 4 aromatic carbocycles. The molecule has 0 saturated heterocycles. The normalized spacial score (nSPS) is 12.5. The van der Waals surface area contributed by atoms with Gasteiger partial charge in [0, 0.05) is 28.4 Å². The number of nitrogens with one attached hydrogen (secondary N) is 1. The second kappa shape index (κ2) is 17.6. The van der Waals surface area contributed by atoms with Gasteiger partial charge in [0.1, 0.15) is 18.3 Å². The number of sulfonamides is 1. The monoisotopic (exact) mass is 751 g/mol. The maximum Gasteiger partial charge on any atom is 0.264 e. The predicted molar refractivity (Wildman–Crippen MR) is 197 cm³/mol. The van der Waals surface area contributed by atoms with E-state index in [1.165, 1.54) is 16.7 Å². The molecule has 2 amide bonds. The predicted octanol–water partition coefficient (Wildman–Crippen LogP) is 7.32. The Balaban J connectivity index is 1.84. The molecule has 0 bridgehead atoms. The molecule has 0 aliphatic heterocycles. The average molecular weight is 753 g/mol. The lowest BCUT2D eigenvalue weighted by atomic mass is 10.0. The lowest BCUT2D eigenvalue weighted by Crippen LogP contribution is -2.54. The third-order valence-electron chi connectivity index (χ3n) is 7.90. The Bertz CT molecular complexity index is 1750. The summed E-state index contributed by atoms with van der Waals surface area (Å²) in [6, 6.07) is 29.3. The Morgan fingerprint density at radius 3 is 2.15 bits per heavy atom. The number of hydrogen-bond acceptors (Lipinski definition) is 6. The van der Waals surface area contributed by atoms with Crippen LogP contribution in [0.5, 0.6) is 5.75 Å². The molecule has 4 rings (SSSR count). The van der Waals surface area contributed by atoms with Crippen LogP contribution in [0.4, 0.5) is 5.69 Å². The van der Waals surface area contributed by atoms with Gasteiger partial charge in [0.25, 0.3) is 10.0 Å². The molecule has 0 fully saturated rings. The van der Waals surface area contributed by atoms with Crippen molar-refractivity contribution in [3.63, 3.8) is 0 Å². The maximum atomic E-state index is 14.7. The number of rotatable bonds is 16. The Hall–Kier alpha value is -3.80. The first-order valence-electron chi connectivity index (χ1n) is 15.8. The summed E-state index contributed by atoms with van der Waals surface area (Å²) in [4.78, 5) is 31.2. The molecule has 0 radical (unpaired) electrons. The highest BCUT2D eigenvalue weighted by molar-refractivity contribution is 9.10. The third kappa shape index (κ3) is 9.64. The molecule has 0 heterocycles. The second-order valence-corrected chi connectivity index (χ2v) is 14.9. The van der Waals surface area contributed by atoms with Gasteiger partial charge in [-0.25, -0.2) is 8.42 Å². The summed E-state index contributed by atoms with van der Waals surface area (Å²) in [5.41, 5.74) is 1.89. The van der Waals surface area contributed by atoms with Crippen LogP contribution in [-0.4, -0.2) is 56.6 Å². The molecular weight excluding hydrogens is 710 g/mol. The van der Waals surface area contributed by atoms with Crippen LogP contribution in [0, 0.1) is 0 Å². The van der Waals surface area contributed by atoms with Crippen LogP contribution in [0.1, 0.15) is 38.3 Å². The van der Waals surface area contributed by atoms with Crippen molar-refractivity contribution in [2.75, 3.05) is 23.7 Å². The fraction of sp³-hybridized carbons (Fsp3) is 0.297.